The van der Waals surface area contributed by atoms with Gasteiger partial charge in [0.15, 0.2) is 0 Å². The molecule has 0 bridgehead atoms. The van der Waals surface area contributed by atoms with Crippen molar-refractivity contribution in [2.75, 3.05) is 0 Å². The maximum absolute atomic E-state index is 8.75. The summed E-state index contributed by atoms with van der Waals surface area (Å²) >= 11 is 0. The third-order valence-electron chi connectivity index (χ3n) is 2.94. The van der Waals surface area contributed by atoms with Gasteiger partial charge in [0, 0.05) is 11.8 Å². The normalized spacial score (nSPS) is 10.2. The zero-order valence-electron chi connectivity index (χ0n) is 9.67. The minimum absolute atomic E-state index is 0.583. The molecule has 84 valence electrons. The molecule has 0 aliphatic carbocycles. The van der Waals surface area contributed by atoms with Gasteiger partial charge in [-0.3, -0.25) is 4.98 Å². The largest absolute Gasteiger partial charge is 0.255 e. The summed E-state index contributed by atoms with van der Waals surface area (Å²) in [5.41, 5.74) is 2.54. The average molecular weight is 230 g/mol. The molecule has 2 aromatic carbocycles. The molecule has 0 atom stereocenters. The molecule has 0 aliphatic rings. The van der Waals surface area contributed by atoms with Crippen molar-refractivity contribution in [3.63, 3.8) is 0 Å². The first kappa shape index (κ1) is 10.5. The summed E-state index contributed by atoms with van der Waals surface area (Å²) in [6.45, 7) is 0. The van der Waals surface area contributed by atoms with Crippen LogP contribution in [0.1, 0.15) is 5.56 Å². The third kappa shape index (κ3) is 1.83. The number of aromatic nitrogens is 1. The van der Waals surface area contributed by atoms with Crippen LogP contribution in [-0.4, -0.2) is 4.98 Å². The number of nitrogens with zero attached hydrogens (tertiary/aromatic N) is 2. The number of pyridine rings is 1. The Hall–Kier alpha value is -2.66. The van der Waals surface area contributed by atoms with Gasteiger partial charge in [0.05, 0.1) is 11.3 Å². The smallest absolute Gasteiger partial charge is 0.101 e. The predicted molar refractivity (Wildman–Crippen MR) is 71.9 cm³/mol. The van der Waals surface area contributed by atoms with Crippen LogP contribution in [-0.2, 0) is 0 Å². The molecule has 1 heterocycles. The first-order valence-corrected chi connectivity index (χ1v) is 5.72. The van der Waals surface area contributed by atoms with Gasteiger partial charge in [-0.25, -0.2) is 0 Å². The van der Waals surface area contributed by atoms with Gasteiger partial charge < -0.3 is 0 Å². The van der Waals surface area contributed by atoms with Crippen LogP contribution >= 0.6 is 0 Å². The Kier molecular flexibility index (Phi) is 2.51. The predicted octanol–water partition coefficient (Wildman–Crippen LogP) is 3.77. The molecule has 18 heavy (non-hydrogen) atoms. The lowest BCUT2D eigenvalue weighted by atomic mass is 10.0. The van der Waals surface area contributed by atoms with Gasteiger partial charge in [-0.1, -0.05) is 36.4 Å². The minimum Gasteiger partial charge on any atom is -0.255 e. The van der Waals surface area contributed by atoms with Gasteiger partial charge in [0.2, 0.25) is 0 Å². The molecule has 3 aromatic rings. The third-order valence-corrected chi connectivity index (χ3v) is 2.94. The van der Waals surface area contributed by atoms with Gasteiger partial charge in [-0.15, -0.1) is 0 Å². The van der Waals surface area contributed by atoms with Crippen LogP contribution in [0, 0.1) is 11.3 Å². The van der Waals surface area contributed by atoms with Crippen molar-refractivity contribution in [1.82, 2.24) is 4.98 Å². The molecule has 0 spiro atoms. The zero-order valence-corrected chi connectivity index (χ0v) is 9.67. The van der Waals surface area contributed by atoms with E-state index in [4.69, 9.17) is 5.26 Å². The molecule has 0 unspecified atom stereocenters. The van der Waals surface area contributed by atoms with Crippen molar-refractivity contribution >= 4 is 10.8 Å². The van der Waals surface area contributed by atoms with Crippen LogP contribution < -0.4 is 0 Å². The van der Waals surface area contributed by atoms with E-state index in [1.54, 1.807) is 12.3 Å². The summed E-state index contributed by atoms with van der Waals surface area (Å²) < 4.78 is 0. The quantitative estimate of drug-likeness (QED) is 0.638. The lowest BCUT2D eigenvalue weighted by Gasteiger charge is -2.03. The van der Waals surface area contributed by atoms with E-state index in [1.807, 2.05) is 18.2 Å². The molecule has 0 aliphatic heterocycles. The summed E-state index contributed by atoms with van der Waals surface area (Å²) in [5, 5.41) is 11.2. The minimum atomic E-state index is 0.583. The van der Waals surface area contributed by atoms with Crippen LogP contribution in [0.2, 0.25) is 0 Å². The van der Waals surface area contributed by atoms with Crippen molar-refractivity contribution in [1.29, 1.82) is 5.26 Å². The van der Waals surface area contributed by atoms with Crippen LogP contribution in [0.15, 0.2) is 60.8 Å². The van der Waals surface area contributed by atoms with E-state index < -0.39 is 0 Å². The number of benzene rings is 2. The molecule has 0 saturated carbocycles. The fourth-order valence-corrected chi connectivity index (χ4v) is 1.98. The maximum Gasteiger partial charge on any atom is 0.101 e. The first-order valence-electron chi connectivity index (χ1n) is 5.72. The molecule has 0 saturated heterocycles. The second-order valence-corrected chi connectivity index (χ2v) is 4.11. The van der Waals surface area contributed by atoms with E-state index >= 15 is 0 Å². The molecular formula is C16H10N2. The van der Waals surface area contributed by atoms with Crippen molar-refractivity contribution in [2.24, 2.45) is 0 Å². The van der Waals surface area contributed by atoms with Crippen molar-refractivity contribution in [3.8, 4) is 17.3 Å². The molecular weight excluding hydrogens is 220 g/mol. The molecule has 0 fully saturated rings. The van der Waals surface area contributed by atoms with Crippen LogP contribution in [0.5, 0.6) is 0 Å². The summed E-state index contributed by atoms with van der Waals surface area (Å²) in [6, 6.07) is 20.2. The zero-order chi connectivity index (χ0) is 12.4. The molecule has 3 rings (SSSR count). The Morgan fingerprint density at radius 2 is 1.72 bits per heavy atom. The highest BCUT2D eigenvalue weighted by Gasteiger charge is 2.01. The number of nitriles is 1. The fraction of sp³-hybridized carbons (Fsp3) is 0. The summed E-state index contributed by atoms with van der Waals surface area (Å²) in [7, 11) is 0. The number of rotatable bonds is 1. The second kappa shape index (κ2) is 4.31. The highest BCUT2D eigenvalue weighted by atomic mass is 14.7. The lowest BCUT2D eigenvalue weighted by Crippen LogP contribution is -1.84. The fourth-order valence-electron chi connectivity index (χ4n) is 1.98. The molecule has 2 nitrogen and oxygen atoms in total. The molecule has 0 radical (unpaired) electrons. The van der Waals surface area contributed by atoms with Crippen molar-refractivity contribution < 1.29 is 0 Å². The SMILES string of the molecule is N#Cc1ccc(-c2ccc3ccccc3c2)nc1. The van der Waals surface area contributed by atoms with Crippen molar-refractivity contribution in [2.45, 2.75) is 0 Å². The number of hydrogen-bond donors (Lipinski definition) is 0. The van der Waals surface area contributed by atoms with E-state index in [2.05, 4.69) is 41.4 Å². The Balaban J connectivity index is 2.10. The average Bonchev–Trinajstić information content (AvgIpc) is 2.47. The topological polar surface area (TPSA) is 36.7 Å². The van der Waals surface area contributed by atoms with Gasteiger partial charge >= 0.3 is 0 Å². The van der Waals surface area contributed by atoms with Gasteiger partial charge in [0.25, 0.3) is 0 Å². The Labute approximate surface area is 105 Å². The summed E-state index contributed by atoms with van der Waals surface area (Å²) in [4.78, 5) is 4.30. The lowest BCUT2D eigenvalue weighted by molar-refractivity contribution is 1.30. The van der Waals surface area contributed by atoms with E-state index in [0.29, 0.717) is 5.56 Å². The number of hydrogen-bond acceptors (Lipinski definition) is 2. The van der Waals surface area contributed by atoms with Gasteiger partial charge in [0.1, 0.15) is 6.07 Å². The van der Waals surface area contributed by atoms with Gasteiger partial charge in [-0.2, -0.15) is 5.26 Å². The van der Waals surface area contributed by atoms with Crippen molar-refractivity contribution in [3.05, 3.63) is 66.4 Å². The Morgan fingerprint density at radius 1 is 0.889 bits per heavy atom. The highest BCUT2D eigenvalue weighted by Crippen LogP contribution is 2.22. The van der Waals surface area contributed by atoms with Gasteiger partial charge in [-0.05, 0) is 29.0 Å². The Bertz CT molecular complexity index is 737. The highest BCUT2D eigenvalue weighted by molar-refractivity contribution is 5.86. The van der Waals surface area contributed by atoms with E-state index in [9.17, 15) is 0 Å². The van der Waals surface area contributed by atoms with E-state index in [0.717, 1.165) is 11.3 Å². The molecule has 0 amide bonds. The van der Waals surface area contributed by atoms with Crippen LogP contribution in [0.3, 0.4) is 0 Å². The Morgan fingerprint density at radius 3 is 2.44 bits per heavy atom. The van der Waals surface area contributed by atoms with E-state index in [1.165, 1.54) is 10.8 Å². The standard InChI is InChI=1S/C16H10N2/c17-10-12-5-8-16(18-11-12)15-7-6-13-3-1-2-4-14(13)9-15/h1-9,11H. The maximum atomic E-state index is 8.75. The summed E-state index contributed by atoms with van der Waals surface area (Å²) in [6.07, 6.45) is 1.60. The second-order valence-electron chi connectivity index (χ2n) is 4.11. The first-order chi connectivity index (χ1) is 8.86. The molecule has 2 heteroatoms. The van der Waals surface area contributed by atoms with Crippen LogP contribution in [0.25, 0.3) is 22.0 Å². The monoisotopic (exact) mass is 230 g/mol. The number of fused-ring (bicyclic) bond motifs is 1. The van der Waals surface area contributed by atoms with E-state index in [-0.39, 0.29) is 0 Å². The molecule has 1 aromatic heterocycles. The molecule has 0 N–H and O–H groups in total. The summed E-state index contributed by atoms with van der Waals surface area (Å²) in [5.74, 6) is 0. The van der Waals surface area contributed by atoms with Crippen LogP contribution in [0.4, 0.5) is 0 Å².